The number of carbonyl (C=O) groups is 1. The molecule has 0 atom stereocenters. The topological polar surface area (TPSA) is 76.1 Å². The number of hydrogen-bond donors (Lipinski definition) is 2. The molecule has 6 nitrogen and oxygen atoms in total. The second-order valence-electron chi connectivity index (χ2n) is 6.10. The zero-order chi connectivity index (χ0) is 17.8. The summed E-state index contributed by atoms with van der Waals surface area (Å²) >= 11 is 0. The van der Waals surface area contributed by atoms with Crippen LogP contribution < -0.4 is 15.4 Å². The average molecular weight is 346 g/mol. The standard InChI is InChI=1S/C20H18N4O2/c25-20(18-12-22-19(13-21-18)23-14-6-7-14)24-15-8-10-17(11-9-15)26-16-4-2-1-3-5-16/h1-5,8-14H,6-7H2,(H,22,23)(H,24,25). The van der Waals surface area contributed by atoms with Crippen LogP contribution >= 0.6 is 0 Å². The molecule has 3 aromatic rings. The fourth-order valence-corrected chi connectivity index (χ4v) is 2.38. The zero-order valence-corrected chi connectivity index (χ0v) is 14.1. The van der Waals surface area contributed by atoms with E-state index in [1.165, 1.54) is 6.20 Å². The number of carbonyl (C=O) groups excluding carboxylic acids is 1. The molecule has 1 saturated carbocycles. The number of nitrogens with zero attached hydrogens (tertiary/aromatic N) is 2. The fourth-order valence-electron chi connectivity index (χ4n) is 2.38. The highest BCUT2D eigenvalue weighted by molar-refractivity contribution is 6.02. The lowest BCUT2D eigenvalue weighted by atomic mass is 10.3. The van der Waals surface area contributed by atoms with Crippen LogP contribution in [0.2, 0.25) is 0 Å². The normalized spacial score (nSPS) is 13.1. The van der Waals surface area contributed by atoms with Crippen molar-refractivity contribution in [2.24, 2.45) is 0 Å². The molecule has 6 heteroatoms. The van der Waals surface area contributed by atoms with Gasteiger partial charge in [-0.1, -0.05) is 18.2 Å². The molecule has 130 valence electrons. The number of aromatic nitrogens is 2. The third kappa shape index (κ3) is 4.16. The third-order valence-corrected chi connectivity index (χ3v) is 3.90. The Morgan fingerprint density at radius 2 is 1.65 bits per heavy atom. The zero-order valence-electron chi connectivity index (χ0n) is 14.1. The molecule has 1 aromatic heterocycles. The van der Waals surface area contributed by atoms with Crippen LogP contribution in [0.4, 0.5) is 11.5 Å². The SMILES string of the molecule is O=C(Nc1ccc(Oc2ccccc2)cc1)c1cnc(NC2CC2)cn1. The summed E-state index contributed by atoms with van der Waals surface area (Å²) in [4.78, 5) is 20.7. The number of para-hydroxylation sites is 1. The van der Waals surface area contributed by atoms with Crippen molar-refractivity contribution in [2.75, 3.05) is 10.6 Å². The molecule has 2 N–H and O–H groups in total. The van der Waals surface area contributed by atoms with Crippen molar-refractivity contribution in [3.05, 3.63) is 72.7 Å². The van der Waals surface area contributed by atoms with E-state index in [1.54, 1.807) is 30.5 Å². The average Bonchev–Trinajstić information content (AvgIpc) is 3.49. The van der Waals surface area contributed by atoms with Crippen molar-refractivity contribution in [3.63, 3.8) is 0 Å². The maximum atomic E-state index is 12.3. The summed E-state index contributed by atoms with van der Waals surface area (Å²) in [5, 5.41) is 6.04. The molecule has 1 aliphatic carbocycles. The molecule has 4 rings (SSSR count). The Bertz CT molecular complexity index is 876. The molecule has 2 aromatic carbocycles. The largest absolute Gasteiger partial charge is 0.457 e. The molecule has 0 unspecified atom stereocenters. The molecule has 0 radical (unpaired) electrons. The molecule has 0 aliphatic heterocycles. The quantitative estimate of drug-likeness (QED) is 0.703. The lowest BCUT2D eigenvalue weighted by Gasteiger charge is -2.08. The van der Waals surface area contributed by atoms with E-state index in [-0.39, 0.29) is 11.6 Å². The Balaban J connectivity index is 1.36. The van der Waals surface area contributed by atoms with Crippen molar-refractivity contribution in [3.8, 4) is 11.5 Å². The highest BCUT2D eigenvalue weighted by Gasteiger charge is 2.21. The van der Waals surface area contributed by atoms with E-state index in [1.807, 2.05) is 30.3 Å². The van der Waals surface area contributed by atoms with E-state index < -0.39 is 0 Å². The molecule has 1 aliphatic rings. The maximum Gasteiger partial charge on any atom is 0.275 e. The Hall–Kier alpha value is -3.41. The van der Waals surface area contributed by atoms with Gasteiger partial charge in [-0.05, 0) is 49.2 Å². The van der Waals surface area contributed by atoms with Gasteiger partial charge in [0.05, 0.1) is 12.4 Å². The summed E-state index contributed by atoms with van der Waals surface area (Å²) in [6.07, 6.45) is 5.39. The lowest BCUT2D eigenvalue weighted by molar-refractivity contribution is 0.102. The molecule has 0 spiro atoms. The first-order valence-electron chi connectivity index (χ1n) is 8.49. The minimum atomic E-state index is -0.299. The Labute approximate surface area is 151 Å². The van der Waals surface area contributed by atoms with Crippen LogP contribution in [-0.4, -0.2) is 21.9 Å². The van der Waals surface area contributed by atoms with Crippen LogP contribution in [0.5, 0.6) is 11.5 Å². The number of hydrogen-bond acceptors (Lipinski definition) is 5. The van der Waals surface area contributed by atoms with Crippen molar-refractivity contribution in [2.45, 2.75) is 18.9 Å². The van der Waals surface area contributed by atoms with E-state index in [2.05, 4.69) is 20.6 Å². The van der Waals surface area contributed by atoms with Gasteiger partial charge in [-0.25, -0.2) is 9.97 Å². The predicted octanol–water partition coefficient (Wildman–Crippen LogP) is 4.10. The molecule has 0 bridgehead atoms. The van der Waals surface area contributed by atoms with Crippen LogP contribution in [0, 0.1) is 0 Å². The molecule has 1 heterocycles. The van der Waals surface area contributed by atoms with Crippen LogP contribution in [-0.2, 0) is 0 Å². The summed E-state index contributed by atoms with van der Waals surface area (Å²) in [5.41, 5.74) is 0.938. The smallest absolute Gasteiger partial charge is 0.275 e. The number of nitrogens with one attached hydrogen (secondary N) is 2. The van der Waals surface area contributed by atoms with Crippen molar-refractivity contribution in [1.29, 1.82) is 0 Å². The first-order valence-corrected chi connectivity index (χ1v) is 8.49. The van der Waals surface area contributed by atoms with Crippen LogP contribution in [0.15, 0.2) is 67.0 Å². The van der Waals surface area contributed by atoms with Crippen LogP contribution in [0.1, 0.15) is 23.3 Å². The Morgan fingerprint density at radius 3 is 2.31 bits per heavy atom. The van der Waals surface area contributed by atoms with Gasteiger partial charge in [0.15, 0.2) is 0 Å². The number of rotatable bonds is 6. The lowest BCUT2D eigenvalue weighted by Crippen LogP contribution is -2.14. The monoisotopic (exact) mass is 346 g/mol. The minimum Gasteiger partial charge on any atom is -0.457 e. The van der Waals surface area contributed by atoms with E-state index >= 15 is 0 Å². The van der Waals surface area contributed by atoms with Gasteiger partial charge < -0.3 is 15.4 Å². The van der Waals surface area contributed by atoms with E-state index in [9.17, 15) is 4.79 Å². The summed E-state index contributed by atoms with van der Waals surface area (Å²) in [5.74, 6) is 1.86. The van der Waals surface area contributed by atoms with Gasteiger partial charge in [0.2, 0.25) is 0 Å². The van der Waals surface area contributed by atoms with Gasteiger partial charge in [0.25, 0.3) is 5.91 Å². The van der Waals surface area contributed by atoms with Crippen molar-refractivity contribution in [1.82, 2.24) is 9.97 Å². The molecular weight excluding hydrogens is 328 g/mol. The van der Waals surface area contributed by atoms with Gasteiger partial charge in [-0.2, -0.15) is 0 Å². The van der Waals surface area contributed by atoms with Crippen LogP contribution in [0.3, 0.4) is 0 Å². The van der Waals surface area contributed by atoms with Gasteiger partial charge >= 0.3 is 0 Å². The van der Waals surface area contributed by atoms with Gasteiger partial charge in [0, 0.05) is 11.7 Å². The maximum absolute atomic E-state index is 12.3. The highest BCUT2D eigenvalue weighted by Crippen LogP contribution is 2.24. The fraction of sp³-hybridized carbons (Fsp3) is 0.150. The third-order valence-electron chi connectivity index (χ3n) is 3.90. The summed E-state index contributed by atoms with van der Waals surface area (Å²) in [7, 11) is 0. The number of ether oxygens (including phenoxy) is 1. The molecule has 0 saturated heterocycles. The highest BCUT2D eigenvalue weighted by atomic mass is 16.5. The number of amides is 1. The minimum absolute atomic E-state index is 0.274. The first-order chi connectivity index (χ1) is 12.8. The van der Waals surface area contributed by atoms with Gasteiger partial charge in [-0.3, -0.25) is 4.79 Å². The first kappa shape index (κ1) is 16.1. The van der Waals surface area contributed by atoms with E-state index in [4.69, 9.17) is 4.74 Å². The molecule has 1 fully saturated rings. The Kier molecular flexibility index (Phi) is 4.47. The van der Waals surface area contributed by atoms with Crippen molar-refractivity contribution >= 4 is 17.4 Å². The van der Waals surface area contributed by atoms with Gasteiger partial charge in [0.1, 0.15) is 23.0 Å². The summed E-state index contributed by atoms with van der Waals surface area (Å²) in [6.45, 7) is 0. The molecule has 1 amide bonds. The number of anilines is 2. The second-order valence-corrected chi connectivity index (χ2v) is 6.10. The van der Waals surface area contributed by atoms with Crippen LogP contribution in [0.25, 0.3) is 0 Å². The van der Waals surface area contributed by atoms with E-state index in [0.29, 0.717) is 23.3 Å². The van der Waals surface area contributed by atoms with Gasteiger partial charge in [-0.15, -0.1) is 0 Å². The molecular formula is C20H18N4O2. The van der Waals surface area contributed by atoms with Crippen molar-refractivity contribution < 1.29 is 9.53 Å². The Morgan fingerprint density at radius 1 is 0.923 bits per heavy atom. The molecule has 26 heavy (non-hydrogen) atoms. The number of benzene rings is 2. The van der Waals surface area contributed by atoms with E-state index in [0.717, 1.165) is 18.6 Å². The summed E-state index contributed by atoms with van der Waals surface area (Å²) < 4.78 is 5.73. The predicted molar refractivity (Wildman–Crippen MR) is 99.6 cm³/mol. The summed E-state index contributed by atoms with van der Waals surface area (Å²) in [6, 6.07) is 17.2. The second kappa shape index (κ2) is 7.23.